The SMILES string of the molecule is Cc1cc(OCCCCCCS(=O)(=O)Cl)ccc1[N+](=O)[O-]. The van der Waals surface area contributed by atoms with Crippen molar-refractivity contribution >= 4 is 25.4 Å². The Morgan fingerprint density at radius 3 is 2.48 bits per heavy atom. The first-order valence-electron chi connectivity index (χ1n) is 6.60. The van der Waals surface area contributed by atoms with Gasteiger partial charge in [-0.15, -0.1) is 0 Å². The van der Waals surface area contributed by atoms with Crippen molar-refractivity contribution in [2.24, 2.45) is 0 Å². The number of rotatable bonds is 9. The van der Waals surface area contributed by atoms with Crippen molar-refractivity contribution in [1.29, 1.82) is 0 Å². The maximum absolute atomic E-state index is 10.7. The molecule has 1 rings (SSSR count). The second kappa shape index (κ2) is 8.19. The summed E-state index contributed by atoms with van der Waals surface area (Å²) >= 11 is 0. The number of benzene rings is 1. The van der Waals surface area contributed by atoms with E-state index in [-0.39, 0.29) is 11.4 Å². The number of hydrogen-bond donors (Lipinski definition) is 0. The highest BCUT2D eigenvalue weighted by Crippen LogP contribution is 2.23. The van der Waals surface area contributed by atoms with Gasteiger partial charge < -0.3 is 4.74 Å². The number of unbranched alkanes of at least 4 members (excludes halogenated alkanes) is 3. The zero-order chi connectivity index (χ0) is 15.9. The molecule has 6 nitrogen and oxygen atoms in total. The predicted octanol–water partition coefficient (Wildman–Crippen LogP) is 3.41. The highest BCUT2D eigenvalue weighted by molar-refractivity contribution is 8.13. The van der Waals surface area contributed by atoms with Gasteiger partial charge in [0.05, 0.1) is 17.3 Å². The fraction of sp³-hybridized carbons (Fsp3) is 0.538. The molecule has 0 atom stereocenters. The number of nitro benzene ring substituents is 1. The Balaban J connectivity index is 2.24. The number of nitro groups is 1. The van der Waals surface area contributed by atoms with Gasteiger partial charge in [-0.2, -0.15) is 0 Å². The molecule has 1 aromatic rings. The van der Waals surface area contributed by atoms with Gasteiger partial charge in [-0.25, -0.2) is 8.42 Å². The summed E-state index contributed by atoms with van der Waals surface area (Å²) in [5, 5.41) is 10.7. The van der Waals surface area contributed by atoms with E-state index in [9.17, 15) is 18.5 Å². The third kappa shape index (κ3) is 7.29. The van der Waals surface area contributed by atoms with Crippen LogP contribution in [0.15, 0.2) is 18.2 Å². The van der Waals surface area contributed by atoms with E-state index >= 15 is 0 Å². The standard InChI is InChI=1S/C13H18ClNO5S/c1-11-10-12(6-7-13(11)15(16)17)20-8-4-2-3-5-9-21(14,18)19/h6-7,10H,2-5,8-9H2,1H3. The van der Waals surface area contributed by atoms with Crippen molar-refractivity contribution in [1.82, 2.24) is 0 Å². The van der Waals surface area contributed by atoms with Gasteiger partial charge in [0.1, 0.15) is 5.75 Å². The molecular formula is C13H18ClNO5S. The van der Waals surface area contributed by atoms with Gasteiger partial charge in [-0.3, -0.25) is 10.1 Å². The Labute approximate surface area is 128 Å². The summed E-state index contributed by atoms with van der Waals surface area (Å²) in [5.74, 6) is 0.596. The Kier molecular flexibility index (Phi) is 6.91. The van der Waals surface area contributed by atoms with Gasteiger partial charge >= 0.3 is 0 Å². The second-order valence-electron chi connectivity index (χ2n) is 4.71. The van der Waals surface area contributed by atoms with Crippen LogP contribution in [0.1, 0.15) is 31.2 Å². The third-order valence-corrected chi connectivity index (χ3v) is 4.16. The lowest BCUT2D eigenvalue weighted by molar-refractivity contribution is -0.385. The minimum Gasteiger partial charge on any atom is -0.494 e. The highest BCUT2D eigenvalue weighted by Gasteiger charge is 2.10. The molecule has 0 aliphatic rings. The number of halogens is 1. The summed E-state index contributed by atoms with van der Waals surface area (Å²) in [7, 11) is 1.71. The second-order valence-corrected chi connectivity index (χ2v) is 7.61. The summed E-state index contributed by atoms with van der Waals surface area (Å²) in [5.41, 5.74) is 0.634. The third-order valence-electron chi connectivity index (χ3n) is 2.92. The molecule has 0 radical (unpaired) electrons. The topological polar surface area (TPSA) is 86.5 Å². The van der Waals surface area contributed by atoms with Crippen molar-refractivity contribution in [3.05, 3.63) is 33.9 Å². The molecule has 0 aliphatic carbocycles. The molecule has 0 aliphatic heterocycles. The van der Waals surface area contributed by atoms with Crippen molar-refractivity contribution in [3.8, 4) is 5.75 Å². The van der Waals surface area contributed by atoms with Gasteiger partial charge in [0.25, 0.3) is 5.69 Å². The highest BCUT2D eigenvalue weighted by atomic mass is 35.7. The molecule has 0 unspecified atom stereocenters. The van der Waals surface area contributed by atoms with Gasteiger partial charge in [0.15, 0.2) is 0 Å². The lowest BCUT2D eigenvalue weighted by Gasteiger charge is -2.07. The van der Waals surface area contributed by atoms with E-state index in [1.807, 2.05) is 0 Å². The van der Waals surface area contributed by atoms with Crippen LogP contribution in [-0.4, -0.2) is 25.7 Å². The summed E-state index contributed by atoms with van der Waals surface area (Å²) in [4.78, 5) is 10.3. The molecule has 0 heterocycles. The minimum atomic E-state index is -3.39. The predicted molar refractivity (Wildman–Crippen MR) is 81.4 cm³/mol. The number of aryl methyl sites for hydroxylation is 1. The van der Waals surface area contributed by atoms with Crippen molar-refractivity contribution in [2.45, 2.75) is 32.6 Å². The first-order chi connectivity index (χ1) is 9.79. The minimum absolute atomic E-state index is 0.00302. The van der Waals surface area contributed by atoms with E-state index in [1.165, 1.54) is 6.07 Å². The normalized spacial score (nSPS) is 11.3. The molecule has 1 aromatic carbocycles. The number of ether oxygens (including phenoxy) is 1. The molecule has 21 heavy (non-hydrogen) atoms. The number of hydrogen-bond acceptors (Lipinski definition) is 5. The van der Waals surface area contributed by atoms with E-state index in [0.29, 0.717) is 24.3 Å². The molecule has 0 saturated carbocycles. The maximum Gasteiger partial charge on any atom is 0.272 e. The van der Waals surface area contributed by atoms with Crippen molar-refractivity contribution in [3.63, 3.8) is 0 Å². The van der Waals surface area contributed by atoms with Crippen LogP contribution in [0.25, 0.3) is 0 Å². The van der Waals surface area contributed by atoms with Crippen molar-refractivity contribution < 1.29 is 18.1 Å². The van der Waals surface area contributed by atoms with Crippen LogP contribution < -0.4 is 4.74 Å². The molecule has 0 bridgehead atoms. The molecule has 0 saturated heterocycles. The van der Waals surface area contributed by atoms with Crippen LogP contribution in [0, 0.1) is 17.0 Å². The van der Waals surface area contributed by atoms with E-state index < -0.39 is 14.0 Å². The maximum atomic E-state index is 10.7. The van der Waals surface area contributed by atoms with Gasteiger partial charge in [-0.05, 0) is 31.9 Å². The van der Waals surface area contributed by atoms with Crippen LogP contribution in [0.3, 0.4) is 0 Å². The Morgan fingerprint density at radius 1 is 1.24 bits per heavy atom. The number of nitrogens with zero attached hydrogens (tertiary/aromatic N) is 1. The fourth-order valence-electron chi connectivity index (χ4n) is 1.84. The Bertz CT molecular complexity index is 588. The van der Waals surface area contributed by atoms with Crippen LogP contribution in [0.4, 0.5) is 5.69 Å². The largest absolute Gasteiger partial charge is 0.494 e. The summed E-state index contributed by atoms with van der Waals surface area (Å²) in [6.45, 7) is 2.16. The quantitative estimate of drug-likeness (QED) is 0.299. The zero-order valence-corrected chi connectivity index (χ0v) is 13.3. The molecular weight excluding hydrogens is 318 g/mol. The zero-order valence-electron chi connectivity index (χ0n) is 11.7. The van der Waals surface area contributed by atoms with Crippen molar-refractivity contribution in [2.75, 3.05) is 12.4 Å². The lowest BCUT2D eigenvalue weighted by Crippen LogP contribution is -2.00. The lowest BCUT2D eigenvalue weighted by atomic mass is 10.2. The molecule has 118 valence electrons. The summed E-state index contributed by atoms with van der Waals surface area (Å²) in [6.07, 6.45) is 2.95. The Morgan fingerprint density at radius 2 is 1.90 bits per heavy atom. The molecule has 0 spiro atoms. The Hall–Kier alpha value is -1.34. The van der Waals surface area contributed by atoms with E-state index in [4.69, 9.17) is 15.4 Å². The van der Waals surface area contributed by atoms with E-state index in [1.54, 1.807) is 19.1 Å². The van der Waals surface area contributed by atoms with Crippen LogP contribution in [0.2, 0.25) is 0 Å². The van der Waals surface area contributed by atoms with Gasteiger partial charge in [0, 0.05) is 22.3 Å². The first-order valence-corrected chi connectivity index (χ1v) is 9.07. The first kappa shape index (κ1) is 17.7. The monoisotopic (exact) mass is 335 g/mol. The molecule has 0 aromatic heterocycles. The molecule has 8 heteroatoms. The smallest absolute Gasteiger partial charge is 0.272 e. The van der Waals surface area contributed by atoms with Crippen LogP contribution in [-0.2, 0) is 9.05 Å². The van der Waals surface area contributed by atoms with Gasteiger partial charge in [0.2, 0.25) is 9.05 Å². The summed E-state index contributed by atoms with van der Waals surface area (Å²) < 4.78 is 26.9. The van der Waals surface area contributed by atoms with Crippen LogP contribution >= 0.6 is 10.7 Å². The van der Waals surface area contributed by atoms with E-state index in [0.717, 1.165) is 19.3 Å². The van der Waals surface area contributed by atoms with E-state index in [2.05, 4.69) is 0 Å². The average Bonchev–Trinajstić information content (AvgIpc) is 2.36. The molecule has 0 fully saturated rings. The van der Waals surface area contributed by atoms with Crippen LogP contribution in [0.5, 0.6) is 5.75 Å². The van der Waals surface area contributed by atoms with Gasteiger partial charge in [-0.1, -0.05) is 12.8 Å². The summed E-state index contributed by atoms with van der Waals surface area (Å²) in [6, 6.07) is 4.64. The molecule has 0 amide bonds. The average molecular weight is 336 g/mol. The fourth-order valence-corrected chi connectivity index (χ4v) is 2.72. The molecule has 0 N–H and O–H groups in total.